The average molecular weight is 365 g/mol. The van der Waals surface area contributed by atoms with E-state index in [0.29, 0.717) is 29.3 Å². The topological polar surface area (TPSA) is 43.6 Å². The smallest absolute Gasteiger partial charge is 0.281 e. The van der Waals surface area contributed by atoms with Gasteiger partial charge in [0.05, 0.1) is 16.3 Å². The third-order valence-electron chi connectivity index (χ3n) is 4.31. The quantitative estimate of drug-likeness (QED) is 0.642. The molecule has 1 aliphatic heterocycles. The maximum atomic E-state index is 13.3. The molecule has 0 fully saturated rings. The molecule has 25 heavy (non-hydrogen) atoms. The van der Waals surface area contributed by atoms with Crippen LogP contribution in [-0.2, 0) is 19.0 Å². The minimum atomic E-state index is -4.46. The SMILES string of the molecule is Cc1nnc2n1-c1c(Cl)cc(-c3cnccc3C(F)(F)F)cc1CC2. The Hall–Kier alpha value is -2.41. The molecule has 0 saturated carbocycles. The van der Waals surface area contributed by atoms with Crippen LogP contribution in [0.15, 0.2) is 30.6 Å². The van der Waals surface area contributed by atoms with Gasteiger partial charge < -0.3 is 0 Å². The highest BCUT2D eigenvalue weighted by Crippen LogP contribution is 2.40. The van der Waals surface area contributed by atoms with Crippen molar-refractivity contribution < 1.29 is 13.2 Å². The van der Waals surface area contributed by atoms with E-state index >= 15 is 0 Å². The maximum absolute atomic E-state index is 13.3. The highest BCUT2D eigenvalue weighted by Gasteiger charge is 2.34. The van der Waals surface area contributed by atoms with E-state index in [1.807, 2.05) is 11.5 Å². The zero-order valence-electron chi connectivity index (χ0n) is 13.1. The standard InChI is InChI=1S/C17H12ClF3N4/c1-9-23-24-15-3-2-10-6-11(7-14(18)16(10)25(9)15)12-8-22-5-4-13(12)17(19,20)21/h4-8H,2-3H2,1H3. The van der Waals surface area contributed by atoms with Crippen molar-refractivity contribution in [3.05, 3.63) is 58.4 Å². The number of aryl methyl sites for hydroxylation is 3. The molecule has 0 radical (unpaired) electrons. The van der Waals surface area contributed by atoms with Gasteiger partial charge in [0.15, 0.2) is 0 Å². The lowest BCUT2D eigenvalue weighted by Gasteiger charge is -2.22. The molecule has 3 heterocycles. The Labute approximate surface area is 146 Å². The second-order valence-electron chi connectivity index (χ2n) is 5.88. The van der Waals surface area contributed by atoms with Gasteiger partial charge in [0.1, 0.15) is 11.6 Å². The van der Waals surface area contributed by atoms with Crippen molar-refractivity contribution in [2.45, 2.75) is 25.9 Å². The highest BCUT2D eigenvalue weighted by atomic mass is 35.5. The Morgan fingerprint density at radius 3 is 2.72 bits per heavy atom. The molecule has 0 aliphatic carbocycles. The van der Waals surface area contributed by atoms with Crippen LogP contribution in [0.4, 0.5) is 13.2 Å². The second kappa shape index (κ2) is 5.56. The van der Waals surface area contributed by atoms with Gasteiger partial charge in [0.2, 0.25) is 0 Å². The van der Waals surface area contributed by atoms with Crippen LogP contribution in [0.2, 0.25) is 5.02 Å². The summed E-state index contributed by atoms with van der Waals surface area (Å²) in [4.78, 5) is 3.85. The molecule has 2 aromatic heterocycles. The molecule has 0 spiro atoms. The molecule has 0 atom stereocenters. The van der Waals surface area contributed by atoms with E-state index in [0.717, 1.165) is 29.3 Å². The van der Waals surface area contributed by atoms with Crippen LogP contribution in [0, 0.1) is 6.92 Å². The van der Waals surface area contributed by atoms with Crippen molar-refractivity contribution in [3.8, 4) is 16.8 Å². The van der Waals surface area contributed by atoms with Gasteiger partial charge in [-0.25, -0.2) is 0 Å². The first-order valence-corrected chi connectivity index (χ1v) is 7.99. The van der Waals surface area contributed by atoms with Crippen molar-refractivity contribution in [2.75, 3.05) is 0 Å². The molecule has 8 heteroatoms. The summed E-state index contributed by atoms with van der Waals surface area (Å²) in [6.45, 7) is 1.82. The zero-order chi connectivity index (χ0) is 17.8. The van der Waals surface area contributed by atoms with Gasteiger partial charge in [-0.1, -0.05) is 11.6 Å². The summed E-state index contributed by atoms with van der Waals surface area (Å²) in [6.07, 6.45) is -0.799. The van der Waals surface area contributed by atoms with Crippen LogP contribution in [0.25, 0.3) is 16.8 Å². The van der Waals surface area contributed by atoms with E-state index in [4.69, 9.17) is 11.6 Å². The summed E-state index contributed by atoms with van der Waals surface area (Å²) in [7, 11) is 0. The van der Waals surface area contributed by atoms with Crippen LogP contribution >= 0.6 is 11.6 Å². The molecule has 1 aromatic carbocycles. The number of pyridine rings is 1. The lowest BCUT2D eigenvalue weighted by Crippen LogP contribution is -2.14. The lowest BCUT2D eigenvalue weighted by molar-refractivity contribution is -0.137. The first-order valence-electron chi connectivity index (χ1n) is 7.61. The largest absolute Gasteiger partial charge is 0.417 e. The molecule has 0 amide bonds. The average Bonchev–Trinajstić information content (AvgIpc) is 2.95. The van der Waals surface area contributed by atoms with Crippen molar-refractivity contribution in [2.24, 2.45) is 0 Å². The van der Waals surface area contributed by atoms with E-state index in [2.05, 4.69) is 15.2 Å². The molecule has 1 aliphatic rings. The maximum Gasteiger partial charge on any atom is 0.417 e. The van der Waals surface area contributed by atoms with Gasteiger partial charge in [0, 0.05) is 24.4 Å². The lowest BCUT2D eigenvalue weighted by atomic mass is 9.95. The van der Waals surface area contributed by atoms with E-state index < -0.39 is 11.7 Å². The minimum absolute atomic E-state index is 0.0194. The third kappa shape index (κ3) is 2.59. The number of fused-ring (bicyclic) bond motifs is 3. The van der Waals surface area contributed by atoms with Gasteiger partial charge in [-0.15, -0.1) is 10.2 Å². The van der Waals surface area contributed by atoms with Crippen LogP contribution in [0.1, 0.15) is 22.8 Å². The first kappa shape index (κ1) is 16.1. The molecular formula is C17H12ClF3N4. The number of halogens is 4. The Morgan fingerprint density at radius 1 is 1.16 bits per heavy atom. The predicted molar refractivity (Wildman–Crippen MR) is 86.7 cm³/mol. The summed E-state index contributed by atoms with van der Waals surface area (Å²) >= 11 is 6.44. The molecule has 0 N–H and O–H groups in total. The zero-order valence-corrected chi connectivity index (χ0v) is 13.9. The van der Waals surface area contributed by atoms with Gasteiger partial charge in [-0.2, -0.15) is 13.2 Å². The third-order valence-corrected chi connectivity index (χ3v) is 4.60. The van der Waals surface area contributed by atoms with Crippen molar-refractivity contribution in [3.63, 3.8) is 0 Å². The summed E-state index contributed by atoms with van der Waals surface area (Å²) in [6, 6.07) is 4.27. The fourth-order valence-corrected chi connectivity index (χ4v) is 3.55. The Bertz CT molecular complexity index is 979. The number of benzene rings is 1. The molecule has 4 rings (SSSR count). The normalized spacial score (nSPS) is 13.5. The van der Waals surface area contributed by atoms with Crippen molar-refractivity contribution in [1.82, 2.24) is 19.7 Å². The van der Waals surface area contributed by atoms with E-state index in [1.54, 1.807) is 12.1 Å². The number of alkyl halides is 3. The van der Waals surface area contributed by atoms with Crippen LogP contribution < -0.4 is 0 Å². The van der Waals surface area contributed by atoms with Gasteiger partial charge in [-0.05, 0) is 42.7 Å². The highest BCUT2D eigenvalue weighted by molar-refractivity contribution is 6.33. The van der Waals surface area contributed by atoms with Crippen molar-refractivity contribution in [1.29, 1.82) is 0 Å². The number of aromatic nitrogens is 4. The Morgan fingerprint density at radius 2 is 1.96 bits per heavy atom. The molecule has 0 unspecified atom stereocenters. The summed E-state index contributed by atoms with van der Waals surface area (Å²) in [5.41, 5.74) is 1.31. The molecule has 3 aromatic rings. The molecule has 0 saturated heterocycles. The second-order valence-corrected chi connectivity index (χ2v) is 6.29. The summed E-state index contributed by atoms with van der Waals surface area (Å²) < 4.78 is 41.8. The van der Waals surface area contributed by atoms with Gasteiger partial charge in [-0.3, -0.25) is 9.55 Å². The van der Waals surface area contributed by atoms with Gasteiger partial charge in [0.25, 0.3) is 0 Å². The van der Waals surface area contributed by atoms with E-state index in [1.165, 1.54) is 6.20 Å². The molecular weight excluding hydrogens is 353 g/mol. The number of rotatable bonds is 1. The predicted octanol–water partition coefficient (Wildman–Crippen LogP) is 4.41. The number of hydrogen-bond donors (Lipinski definition) is 0. The van der Waals surface area contributed by atoms with E-state index in [-0.39, 0.29) is 5.56 Å². The number of hydrogen-bond acceptors (Lipinski definition) is 3. The molecule has 128 valence electrons. The Balaban J connectivity index is 1.92. The fourth-order valence-electron chi connectivity index (χ4n) is 3.23. The summed E-state index contributed by atoms with van der Waals surface area (Å²) in [5, 5.41) is 8.55. The van der Waals surface area contributed by atoms with Crippen LogP contribution in [-0.4, -0.2) is 19.7 Å². The molecule has 4 nitrogen and oxygen atoms in total. The minimum Gasteiger partial charge on any atom is -0.281 e. The fraction of sp³-hybridized carbons (Fsp3) is 0.235. The van der Waals surface area contributed by atoms with Gasteiger partial charge >= 0.3 is 6.18 Å². The molecule has 0 bridgehead atoms. The Kier molecular flexibility index (Phi) is 3.57. The van der Waals surface area contributed by atoms with Crippen LogP contribution in [0.5, 0.6) is 0 Å². The number of nitrogens with zero attached hydrogens (tertiary/aromatic N) is 4. The first-order chi connectivity index (χ1) is 11.9. The monoisotopic (exact) mass is 364 g/mol. The summed E-state index contributed by atoms with van der Waals surface area (Å²) in [5.74, 6) is 1.50. The van der Waals surface area contributed by atoms with E-state index in [9.17, 15) is 13.2 Å². The van der Waals surface area contributed by atoms with Crippen LogP contribution in [0.3, 0.4) is 0 Å². The van der Waals surface area contributed by atoms with Crippen molar-refractivity contribution >= 4 is 11.6 Å².